The number of hydrogen-bond acceptors (Lipinski definition) is 2. The molecule has 0 bridgehead atoms. The summed E-state index contributed by atoms with van der Waals surface area (Å²) in [5.41, 5.74) is 0. The molecule has 1 aromatic heterocycles. The molecule has 1 aromatic rings. The molecule has 0 unspecified atom stereocenters. The van der Waals surface area contributed by atoms with Gasteiger partial charge in [-0.05, 0) is 30.8 Å². The Labute approximate surface area is 97.7 Å². The third-order valence-corrected chi connectivity index (χ3v) is 3.03. The maximum absolute atomic E-state index is 7.97. The highest BCUT2D eigenvalue weighted by molar-refractivity contribution is 9.10. The van der Waals surface area contributed by atoms with Crippen LogP contribution in [0, 0.1) is 5.92 Å². The number of aromatic nitrogens is 1. The summed E-state index contributed by atoms with van der Waals surface area (Å²) in [6.45, 7) is 3.98. The van der Waals surface area contributed by atoms with Crippen molar-refractivity contribution in [3.05, 3.63) is 22.7 Å². The van der Waals surface area contributed by atoms with Crippen molar-refractivity contribution < 1.29 is 4.11 Å². The zero-order valence-corrected chi connectivity index (χ0v) is 9.76. The van der Waals surface area contributed by atoms with Crippen LogP contribution in [0.2, 0.25) is 0 Å². The van der Waals surface area contributed by atoms with E-state index in [1.807, 2.05) is 4.90 Å². The molecule has 1 fully saturated rings. The van der Waals surface area contributed by atoms with Crippen molar-refractivity contribution >= 4 is 21.7 Å². The van der Waals surface area contributed by atoms with Gasteiger partial charge in [0, 0.05) is 23.7 Å². The molecule has 0 aromatic carbocycles. The maximum atomic E-state index is 7.97. The van der Waals surface area contributed by atoms with Crippen molar-refractivity contribution in [3.63, 3.8) is 0 Å². The molecule has 0 atom stereocenters. The lowest BCUT2D eigenvalue weighted by molar-refractivity contribution is 0.436. The highest BCUT2D eigenvalue weighted by Gasteiger charge is 2.16. The molecule has 0 radical (unpaired) electrons. The minimum atomic E-state index is -0.0681. The van der Waals surface area contributed by atoms with Gasteiger partial charge in [-0.15, -0.1) is 0 Å². The van der Waals surface area contributed by atoms with Crippen LogP contribution in [0.25, 0.3) is 0 Å². The average Bonchev–Trinajstić information content (AvgIpc) is 2.32. The van der Waals surface area contributed by atoms with E-state index >= 15 is 0 Å². The predicted octanol–water partition coefficient (Wildman–Crippen LogP) is 3.08. The van der Waals surface area contributed by atoms with Crippen LogP contribution in [0.5, 0.6) is 0 Å². The van der Waals surface area contributed by atoms with Crippen LogP contribution < -0.4 is 4.90 Å². The van der Waals surface area contributed by atoms with Gasteiger partial charge in [0.05, 0.1) is 4.11 Å². The van der Waals surface area contributed by atoms with Gasteiger partial charge >= 0.3 is 0 Å². The zero-order chi connectivity index (χ0) is 12.6. The highest BCUT2D eigenvalue weighted by atomic mass is 79.9. The van der Waals surface area contributed by atoms with E-state index in [1.165, 1.54) is 0 Å². The first-order valence-electron chi connectivity index (χ1n) is 6.39. The minimum Gasteiger partial charge on any atom is -0.357 e. The Morgan fingerprint density at radius 1 is 1.57 bits per heavy atom. The summed E-state index contributed by atoms with van der Waals surface area (Å²) >= 11 is 3.20. The summed E-state index contributed by atoms with van der Waals surface area (Å²) in [5, 5.41) is 0. The van der Waals surface area contributed by atoms with Gasteiger partial charge in [-0.25, -0.2) is 4.98 Å². The number of nitrogens with zero attached hydrogens (tertiary/aromatic N) is 2. The van der Waals surface area contributed by atoms with Crippen molar-refractivity contribution in [1.29, 1.82) is 0 Å². The van der Waals surface area contributed by atoms with E-state index in [1.54, 1.807) is 0 Å². The van der Waals surface area contributed by atoms with E-state index < -0.39 is 0 Å². The first-order chi connectivity index (χ1) is 8.00. The van der Waals surface area contributed by atoms with Crippen molar-refractivity contribution in [2.75, 3.05) is 18.0 Å². The van der Waals surface area contributed by atoms with E-state index in [-0.39, 0.29) is 18.3 Å². The number of hydrogen-bond donors (Lipinski definition) is 0. The van der Waals surface area contributed by atoms with Gasteiger partial charge in [0.1, 0.15) is 5.82 Å². The van der Waals surface area contributed by atoms with Crippen molar-refractivity contribution in [3.8, 4) is 0 Å². The lowest BCUT2D eigenvalue weighted by Crippen LogP contribution is -2.33. The van der Waals surface area contributed by atoms with E-state index in [2.05, 4.69) is 27.8 Å². The zero-order valence-electron chi connectivity index (χ0n) is 11.2. The fourth-order valence-corrected chi connectivity index (χ4v) is 1.92. The molecule has 2 nitrogen and oxygen atoms in total. The Balaban J connectivity index is 2.33. The molecule has 76 valence electrons. The van der Waals surface area contributed by atoms with E-state index in [0.717, 1.165) is 31.8 Å². The molecule has 0 saturated carbocycles. The highest BCUT2D eigenvalue weighted by Crippen LogP contribution is 2.23. The first kappa shape index (κ1) is 6.83. The smallest absolute Gasteiger partial charge is 0.129 e. The number of halogens is 1. The molecule has 2 rings (SSSR count). The van der Waals surface area contributed by atoms with Gasteiger partial charge in [-0.2, -0.15) is 0 Å². The second-order valence-electron chi connectivity index (χ2n) is 3.78. The molecule has 0 N–H and O–H groups in total. The lowest BCUT2D eigenvalue weighted by Gasteiger charge is -2.31. The van der Waals surface area contributed by atoms with Gasteiger partial charge in [0.15, 0.2) is 0 Å². The van der Waals surface area contributed by atoms with E-state index in [0.29, 0.717) is 10.3 Å². The number of rotatable bonds is 1. The first-order valence-corrected chi connectivity index (χ1v) is 5.68. The summed E-state index contributed by atoms with van der Waals surface area (Å²) in [6, 6.07) is 0.213. The summed E-state index contributed by atoms with van der Waals surface area (Å²) in [5.74, 6) is 1.25. The third kappa shape index (κ3) is 2.27. The molecule has 1 aliphatic heterocycles. The van der Waals surface area contributed by atoms with E-state index in [9.17, 15) is 0 Å². The second kappa shape index (κ2) is 4.30. The van der Waals surface area contributed by atoms with Crippen molar-refractivity contribution in [1.82, 2.24) is 4.98 Å². The normalized spacial score (nSPS) is 21.6. The molecule has 1 saturated heterocycles. The van der Waals surface area contributed by atoms with Gasteiger partial charge < -0.3 is 4.90 Å². The average molecular weight is 258 g/mol. The van der Waals surface area contributed by atoms with Crippen molar-refractivity contribution in [2.45, 2.75) is 19.8 Å². The Morgan fingerprint density at radius 2 is 2.29 bits per heavy atom. The van der Waals surface area contributed by atoms with Crippen molar-refractivity contribution in [2.24, 2.45) is 5.92 Å². The molecule has 2 heterocycles. The maximum Gasteiger partial charge on any atom is 0.129 e. The quantitative estimate of drug-likeness (QED) is 0.769. The standard InChI is InChI=1S/C11H15BrN2/c1-9-3-6-14(7-4-9)11-8-10(12)2-5-13-11/h2,5,8-9H,3-4,6-7H2,1H3/i2D,5D,8D. The van der Waals surface area contributed by atoms with Crippen LogP contribution in [-0.2, 0) is 0 Å². The van der Waals surface area contributed by atoms with Crippen LogP contribution in [0.3, 0.4) is 0 Å². The SMILES string of the molecule is [2H]c1nc(N2CCC(C)CC2)c([2H])c(Br)c1[2H]. The Bertz CT molecular complexity index is 431. The van der Waals surface area contributed by atoms with Crippen LogP contribution in [0.1, 0.15) is 23.9 Å². The monoisotopic (exact) mass is 257 g/mol. The molecular weight excluding hydrogens is 240 g/mol. The Kier molecular flexibility index (Phi) is 2.10. The van der Waals surface area contributed by atoms with Gasteiger partial charge in [0.25, 0.3) is 0 Å². The molecule has 1 aliphatic rings. The Hall–Kier alpha value is -0.570. The summed E-state index contributed by atoms with van der Waals surface area (Å²) in [7, 11) is 0. The lowest BCUT2D eigenvalue weighted by atomic mass is 9.99. The van der Waals surface area contributed by atoms with Gasteiger partial charge in [-0.1, -0.05) is 22.9 Å². The molecule has 0 amide bonds. The van der Waals surface area contributed by atoms with Crippen LogP contribution >= 0.6 is 15.9 Å². The van der Waals surface area contributed by atoms with Crippen LogP contribution in [0.4, 0.5) is 5.82 Å². The molecule has 3 heteroatoms. The molecular formula is C11H15BrN2. The Morgan fingerprint density at radius 3 is 3.00 bits per heavy atom. The summed E-state index contributed by atoms with van der Waals surface area (Å²) in [4.78, 5) is 6.12. The molecule has 0 aliphatic carbocycles. The predicted molar refractivity (Wildman–Crippen MR) is 62.5 cm³/mol. The second-order valence-corrected chi connectivity index (χ2v) is 4.57. The summed E-state index contributed by atoms with van der Waals surface area (Å²) in [6.07, 6.45) is 2.12. The third-order valence-electron chi connectivity index (χ3n) is 2.63. The minimum absolute atomic E-state index is 0.0101. The van der Waals surface area contributed by atoms with Gasteiger partial charge in [-0.3, -0.25) is 0 Å². The van der Waals surface area contributed by atoms with Crippen LogP contribution in [-0.4, -0.2) is 18.1 Å². The topological polar surface area (TPSA) is 16.1 Å². The molecule has 0 spiro atoms. The number of anilines is 1. The molecule has 14 heavy (non-hydrogen) atoms. The fraction of sp³-hybridized carbons (Fsp3) is 0.545. The number of piperidine rings is 1. The summed E-state index contributed by atoms with van der Waals surface area (Å²) < 4.78 is 23.5. The fourth-order valence-electron chi connectivity index (χ4n) is 1.66. The van der Waals surface area contributed by atoms with E-state index in [4.69, 9.17) is 4.11 Å². The van der Waals surface area contributed by atoms with Crippen LogP contribution in [0.15, 0.2) is 22.7 Å². The number of pyridine rings is 1. The van der Waals surface area contributed by atoms with Gasteiger partial charge in [0.2, 0.25) is 0 Å². The largest absolute Gasteiger partial charge is 0.357 e.